The van der Waals surface area contributed by atoms with E-state index in [1.165, 1.54) is 0 Å². The summed E-state index contributed by atoms with van der Waals surface area (Å²) < 4.78 is 0. The first kappa shape index (κ1) is 9.81. The zero-order chi connectivity index (χ0) is 11.6. The lowest BCUT2D eigenvalue weighted by Gasteiger charge is -2.42. The second-order valence-electron chi connectivity index (χ2n) is 6.18. The van der Waals surface area contributed by atoms with Crippen LogP contribution in [0.4, 0.5) is 0 Å². The van der Waals surface area contributed by atoms with Crippen LogP contribution < -0.4 is 0 Å². The van der Waals surface area contributed by atoms with E-state index in [1.807, 2.05) is 0 Å². The summed E-state index contributed by atoms with van der Waals surface area (Å²) in [6.45, 7) is 0. The van der Waals surface area contributed by atoms with E-state index in [0.717, 1.165) is 12.8 Å². The maximum absolute atomic E-state index is 12.1. The number of carbonyl (C=O) groups is 2. The van der Waals surface area contributed by atoms with Gasteiger partial charge in [-0.3, -0.25) is 9.59 Å². The highest BCUT2D eigenvalue weighted by molar-refractivity contribution is 5.95. The lowest BCUT2D eigenvalue weighted by Crippen LogP contribution is -2.41. The Kier molecular flexibility index (Phi) is 1.72. The minimum absolute atomic E-state index is 0.0276. The van der Waals surface area contributed by atoms with Crippen LogP contribution in [0.25, 0.3) is 0 Å². The van der Waals surface area contributed by atoms with Gasteiger partial charge in [-0.1, -0.05) is 18.2 Å². The molecule has 0 heterocycles. The van der Waals surface area contributed by atoms with Crippen molar-refractivity contribution in [3.05, 3.63) is 24.3 Å². The van der Waals surface area contributed by atoms with Gasteiger partial charge in [0.2, 0.25) is 0 Å². The number of allylic oxidation sites excluding steroid dienone is 4. The first-order valence-corrected chi connectivity index (χ1v) is 6.63. The van der Waals surface area contributed by atoms with Crippen LogP contribution in [0.2, 0.25) is 0 Å². The molecular formula is C15H16O2. The number of rotatable bonds is 0. The number of Topliss-reactive ketones (excluding diaryl/α,β-unsaturated/α-hetero) is 1. The van der Waals surface area contributed by atoms with Crippen molar-refractivity contribution in [2.24, 2.45) is 29.1 Å². The van der Waals surface area contributed by atoms with Gasteiger partial charge in [0.25, 0.3) is 0 Å². The molecule has 0 radical (unpaired) electrons. The molecule has 0 aromatic rings. The molecule has 4 aliphatic carbocycles. The van der Waals surface area contributed by atoms with Gasteiger partial charge in [0.15, 0.2) is 5.78 Å². The van der Waals surface area contributed by atoms with Crippen molar-refractivity contribution in [3.63, 3.8) is 0 Å². The Morgan fingerprint density at radius 1 is 1.18 bits per heavy atom. The van der Waals surface area contributed by atoms with Crippen molar-refractivity contribution >= 4 is 11.6 Å². The summed E-state index contributed by atoms with van der Waals surface area (Å²) >= 11 is 0. The minimum Gasteiger partial charge on any atom is -0.300 e. The van der Waals surface area contributed by atoms with Crippen LogP contribution in [0.5, 0.6) is 0 Å². The highest BCUT2D eigenvalue weighted by Crippen LogP contribution is 2.61. The van der Waals surface area contributed by atoms with E-state index in [-0.39, 0.29) is 11.3 Å². The van der Waals surface area contributed by atoms with Gasteiger partial charge in [-0.2, -0.15) is 0 Å². The number of ketones is 2. The Labute approximate surface area is 101 Å². The van der Waals surface area contributed by atoms with E-state index < -0.39 is 0 Å². The standard InChI is InChI=1S/C15H16O2/c16-11-3-5-15(8-11)6-4-12(17)13-9-1-2-10(7-9)14(13)15/h1-2,4,6,9-10,13-14H,3,5,7-8H2/t9-,10+,13+,14+,15-/m0/s1. The Balaban J connectivity index is 1.82. The van der Waals surface area contributed by atoms with Crippen molar-refractivity contribution < 1.29 is 9.59 Å². The predicted molar refractivity (Wildman–Crippen MR) is 63.2 cm³/mol. The number of hydrogen-bond acceptors (Lipinski definition) is 2. The minimum atomic E-state index is 0.0276. The van der Waals surface area contributed by atoms with Gasteiger partial charge in [0.1, 0.15) is 5.78 Å². The Morgan fingerprint density at radius 3 is 2.76 bits per heavy atom. The summed E-state index contributed by atoms with van der Waals surface area (Å²) in [6, 6.07) is 0. The van der Waals surface area contributed by atoms with E-state index in [2.05, 4.69) is 18.2 Å². The molecule has 5 atom stereocenters. The van der Waals surface area contributed by atoms with Crippen molar-refractivity contribution in [3.8, 4) is 0 Å². The maximum atomic E-state index is 12.1. The summed E-state index contributed by atoms with van der Waals surface area (Å²) in [5, 5.41) is 0. The molecule has 4 aliphatic rings. The molecular weight excluding hydrogens is 212 g/mol. The van der Waals surface area contributed by atoms with Crippen LogP contribution >= 0.6 is 0 Å². The second kappa shape index (κ2) is 2.98. The summed E-state index contributed by atoms with van der Waals surface area (Å²) in [4.78, 5) is 23.7. The fourth-order valence-electron chi connectivity index (χ4n) is 4.81. The summed E-state index contributed by atoms with van der Waals surface area (Å²) in [5.74, 6) is 2.29. The largest absolute Gasteiger partial charge is 0.300 e. The lowest BCUT2D eigenvalue weighted by atomic mass is 9.60. The van der Waals surface area contributed by atoms with Crippen LogP contribution in [0.1, 0.15) is 25.7 Å². The molecule has 0 unspecified atom stereocenters. The average molecular weight is 228 g/mol. The molecule has 0 N–H and O–H groups in total. The van der Waals surface area contributed by atoms with Gasteiger partial charge in [0.05, 0.1) is 0 Å². The highest BCUT2D eigenvalue weighted by Gasteiger charge is 2.58. The molecule has 0 aromatic carbocycles. The van der Waals surface area contributed by atoms with Gasteiger partial charge in [-0.15, -0.1) is 0 Å². The maximum Gasteiger partial charge on any atom is 0.159 e. The first-order valence-electron chi connectivity index (χ1n) is 6.63. The van der Waals surface area contributed by atoms with Crippen molar-refractivity contribution in [2.75, 3.05) is 0 Å². The Bertz CT molecular complexity index is 473. The van der Waals surface area contributed by atoms with Crippen molar-refractivity contribution in [1.82, 2.24) is 0 Å². The Morgan fingerprint density at radius 2 is 2.00 bits per heavy atom. The molecule has 0 aliphatic heterocycles. The predicted octanol–water partition coefficient (Wildman–Crippen LogP) is 2.30. The van der Waals surface area contributed by atoms with Crippen LogP contribution in [0.15, 0.2) is 24.3 Å². The molecule has 1 spiro atoms. The fourth-order valence-corrected chi connectivity index (χ4v) is 4.81. The average Bonchev–Trinajstić information content (AvgIpc) is 2.99. The van der Waals surface area contributed by atoms with E-state index in [1.54, 1.807) is 6.08 Å². The van der Waals surface area contributed by atoms with Crippen LogP contribution in [0.3, 0.4) is 0 Å². The molecule has 0 aromatic heterocycles. The molecule has 2 fully saturated rings. The van der Waals surface area contributed by atoms with Crippen molar-refractivity contribution in [1.29, 1.82) is 0 Å². The normalized spacial score (nSPS) is 50.6. The van der Waals surface area contributed by atoms with Crippen LogP contribution in [-0.2, 0) is 9.59 Å². The van der Waals surface area contributed by atoms with Gasteiger partial charge < -0.3 is 0 Å². The quantitative estimate of drug-likeness (QED) is 0.596. The van der Waals surface area contributed by atoms with E-state index >= 15 is 0 Å². The smallest absolute Gasteiger partial charge is 0.159 e. The number of carbonyl (C=O) groups excluding carboxylic acids is 2. The van der Waals surface area contributed by atoms with E-state index in [0.29, 0.717) is 42.2 Å². The molecule has 2 saturated carbocycles. The van der Waals surface area contributed by atoms with Gasteiger partial charge in [-0.25, -0.2) is 0 Å². The highest BCUT2D eigenvalue weighted by atomic mass is 16.1. The third kappa shape index (κ3) is 1.11. The first-order chi connectivity index (χ1) is 8.20. The topological polar surface area (TPSA) is 34.1 Å². The van der Waals surface area contributed by atoms with Crippen LogP contribution in [-0.4, -0.2) is 11.6 Å². The Hall–Kier alpha value is -1.18. The molecule has 88 valence electrons. The van der Waals surface area contributed by atoms with Crippen LogP contribution in [0, 0.1) is 29.1 Å². The van der Waals surface area contributed by atoms with Crippen molar-refractivity contribution in [2.45, 2.75) is 25.7 Å². The van der Waals surface area contributed by atoms with Gasteiger partial charge >= 0.3 is 0 Å². The zero-order valence-corrected chi connectivity index (χ0v) is 9.76. The number of fused-ring (bicyclic) bond motifs is 6. The third-order valence-corrected chi connectivity index (χ3v) is 5.43. The van der Waals surface area contributed by atoms with Gasteiger partial charge in [-0.05, 0) is 36.7 Å². The third-order valence-electron chi connectivity index (χ3n) is 5.43. The SMILES string of the molecule is O=C1CC[C@]2(C=CC(=O)[C@@H]3[C@H]2[C@@H]2C=C[C@H]3C2)C1. The zero-order valence-electron chi connectivity index (χ0n) is 9.76. The summed E-state index contributed by atoms with van der Waals surface area (Å²) in [7, 11) is 0. The van der Waals surface area contributed by atoms with E-state index in [4.69, 9.17) is 0 Å². The molecule has 2 nitrogen and oxygen atoms in total. The molecule has 2 heteroatoms. The lowest BCUT2D eigenvalue weighted by molar-refractivity contribution is -0.124. The second-order valence-corrected chi connectivity index (χ2v) is 6.18. The summed E-state index contributed by atoms with van der Waals surface area (Å²) in [5.41, 5.74) is 0.0276. The molecule has 2 bridgehead atoms. The summed E-state index contributed by atoms with van der Waals surface area (Å²) in [6.07, 6.45) is 11.9. The number of hydrogen-bond donors (Lipinski definition) is 0. The fraction of sp³-hybridized carbons (Fsp3) is 0.600. The van der Waals surface area contributed by atoms with E-state index in [9.17, 15) is 9.59 Å². The monoisotopic (exact) mass is 228 g/mol. The molecule has 17 heavy (non-hydrogen) atoms. The molecule has 0 amide bonds. The molecule has 0 saturated heterocycles. The van der Waals surface area contributed by atoms with Gasteiger partial charge in [0, 0.05) is 24.2 Å². The molecule has 4 rings (SSSR count).